The number of carbonyl (C=O) groups excluding carboxylic acids is 2. The van der Waals surface area contributed by atoms with E-state index >= 15 is 0 Å². The Balaban J connectivity index is 2.09. The number of amides is 1. The number of hydrogen-bond acceptors (Lipinski definition) is 8. The average molecular weight is 419 g/mol. The summed E-state index contributed by atoms with van der Waals surface area (Å²) in [6, 6.07) is 2.66. The fourth-order valence-electron chi connectivity index (χ4n) is 3.84. The Labute approximate surface area is 176 Å². The summed E-state index contributed by atoms with van der Waals surface area (Å²) in [5.41, 5.74) is 0.604. The minimum atomic E-state index is -1.11. The van der Waals surface area contributed by atoms with Crippen LogP contribution in [0.4, 0.5) is 0 Å². The molecule has 1 fully saturated rings. The highest BCUT2D eigenvalue weighted by Crippen LogP contribution is 2.42. The van der Waals surface area contributed by atoms with E-state index in [2.05, 4.69) is 5.32 Å². The molecular formula is C21H29N3O6. The number of esters is 1. The summed E-state index contributed by atoms with van der Waals surface area (Å²) in [5, 5.41) is 2.80. The predicted molar refractivity (Wildman–Crippen MR) is 110 cm³/mol. The molecule has 30 heavy (non-hydrogen) atoms. The normalized spacial score (nSPS) is 21.4. The van der Waals surface area contributed by atoms with Gasteiger partial charge in [-0.15, -0.1) is 0 Å². The van der Waals surface area contributed by atoms with Crippen molar-refractivity contribution in [3.63, 3.8) is 0 Å². The molecule has 2 heterocycles. The highest BCUT2D eigenvalue weighted by Gasteiger charge is 2.42. The Morgan fingerprint density at radius 1 is 1.10 bits per heavy atom. The van der Waals surface area contributed by atoms with Crippen LogP contribution >= 0.6 is 0 Å². The first kappa shape index (κ1) is 21.7. The number of guanidine groups is 1. The quantitative estimate of drug-likeness (QED) is 0.555. The largest absolute Gasteiger partial charge is 0.493 e. The molecule has 2 atom stereocenters. The molecule has 2 aliphatic rings. The van der Waals surface area contributed by atoms with E-state index in [1.807, 2.05) is 4.90 Å². The van der Waals surface area contributed by atoms with Gasteiger partial charge in [0.15, 0.2) is 17.4 Å². The van der Waals surface area contributed by atoms with Gasteiger partial charge in [0.1, 0.15) is 6.04 Å². The van der Waals surface area contributed by atoms with E-state index in [0.29, 0.717) is 28.8 Å². The molecule has 1 N–H and O–H groups in total. The van der Waals surface area contributed by atoms with Gasteiger partial charge in [0.25, 0.3) is 0 Å². The van der Waals surface area contributed by atoms with E-state index < -0.39 is 23.8 Å². The second-order valence-corrected chi connectivity index (χ2v) is 7.12. The molecule has 164 valence electrons. The highest BCUT2D eigenvalue weighted by atomic mass is 16.5. The van der Waals surface area contributed by atoms with Crippen LogP contribution in [0.2, 0.25) is 0 Å². The molecule has 3 rings (SSSR count). The van der Waals surface area contributed by atoms with Crippen molar-refractivity contribution in [2.45, 2.75) is 32.2 Å². The van der Waals surface area contributed by atoms with E-state index in [9.17, 15) is 9.59 Å². The van der Waals surface area contributed by atoms with Crippen molar-refractivity contribution in [3.05, 3.63) is 17.7 Å². The minimum Gasteiger partial charge on any atom is -0.493 e. The highest BCUT2D eigenvalue weighted by molar-refractivity contribution is 6.08. The molecule has 1 saturated heterocycles. The first-order valence-electron chi connectivity index (χ1n) is 10.1. The fraction of sp³-hybridized carbons (Fsp3) is 0.571. The number of ether oxygens (including phenoxy) is 4. The Morgan fingerprint density at radius 2 is 1.73 bits per heavy atom. The van der Waals surface area contributed by atoms with Gasteiger partial charge in [-0.2, -0.15) is 0 Å². The number of rotatable bonds is 6. The van der Waals surface area contributed by atoms with Crippen molar-refractivity contribution in [2.75, 3.05) is 41.0 Å². The second kappa shape index (κ2) is 9.69. The lowest BCUT2D eigenvalue weighted by Crippen LogP contribution is -2.53. The van der Waals surface area contributed by atoms with Gasteiger partial charge in [0, 0.05) is 13.1 Å². The summed E-state index contributed by atoms with van der Waals surface area (Å²) in [6.45, 7) is 3.50. The van der Waals surface area contributed by atoms with Crippen molar-refractivity contribution in [1.82, 2.24) is 10.2 Å². The number of hydrogen-bond donors (Lipinski definition) is 1. The van der Waals surface area contributed by atoms with Crippen molar-refractivity contribution in [1.29, 1.82) is 0 Å². The van der Waals surface area contributed by atoms with E-state index in [0.717, 1.165) is 32.4 Å². The number of aliphatic imine (C=N–C) groups is 1. The summed E-state index contributed by atoms with van der Waals surface area (Å²) in [4.78, 5) is 32.5. The lowest BCUT2D eigenvalue weighted by molar-refractivity contribution is -0.153. The van der Waals surface area contributed by atoms with Crippen LogP contribution in [0.25, 0.3) is 0 Å². The lowest BCUT2D eigenvalue weighted by atomic mass is 9.90. The van der Waals surface area contributed by atoms with Crippen LogP contribution in [-0.4, -0.2) is 63.8 Å². The van der Waals surface area contributed by atoms with Gasteiger partial charge in [-0.3, -0.25) is 14.9 Å². The Kier molecular flexibility index (Phi) is 7.02. The first-order chi connectivity index (χ1) is 14.5. The van der Waals surface area contributed by atoms with Crippen molar-refractivity contribution < 1.29 is 28.5 Å². The topological polar surface area (TPSA) is 98.7 Å². The maximum atomic E-state index is 13.0. The molecule has 0 spiro atoms. The number of nitrogens with zero attached hydrogens (tertiary/aromatic N) is 2. The zero-order chi connectivity index (χ0) is 21.7. The molecule has 1 amide bonds. The fourth-order valence-corrected chi connectivity index (χ4v) is 3.84. The Bertz CT molecular complexity index is 794. The zero-order valence-electron chi connectivity index (χ0n) is 17.9. The van der Waals surface area contributed by atoms with E-state index in [4.69, 9.17) is 23.9 Å². The maximum Gasteiger partial charge on any atom is 0.321 e. The second-order valence-electron chi connectivity index (χ2n) is 7.12. The van der Waals surface area contributed by atoms with Gasteiger partial charge in [0.2, 0.25) is 17.6 Å². The smallest absolute Gasteiger partial charge is 0.321 e. The molecule has 0 bridgehead atoms. The van der Waals surface area contributed by atoms with Crippen LogP contribution in [-0.2, 0) is 14.3 Å². The van der Waals surface area contributed by atoms with Crippen LogP contribution in [0.1, 0.15) is 37.8 Å². The Hall–Kier alpha value is -2.97. The maximum absolute atomic E-state index is 13.0. The molecule has 0 aromatic heterocycles. The SMILES string of the molecule is CCOC(=O)[C@@H]1C(=O)NC(N2CCCCC2)=N[C@H]1c1cc(OC)c(OC)c(OC)c1. The third-order valence-corrected chi connectivity index (χ3v) is 5.32. The number of nitrogens with one attached hydrogen (secondary N) is 1. The predicted octanol–water partition coefficient (Wildman–Crippen LogP) is 1.90. The molecule has 0 aliphatic carbocycles. The van der Waals surface area contributed by atoms with Crippen molar-refractivity contribution >= 4 is 17.8 Å². The van der Waals surface area contributed by atoms with Crippen molar-refractivity contribution in [3.8, 4) is 17.2 Å². The number of carbonyl (C=O) groups is 2. The van der Waals surface area contributed by atoms with Gasteiger partial charge in [-0.25, -0.2) is 4.99 Å². The van der Waals surface area contributed by atoms with E-state index in [1.165, 1.54) is 21.3 Å². The summed E-state index contributed by atoms with van der Waals surface area (Å²) < 4.78 is 21.4. The molecule has 0 radical (unpaired) electrons. The van der Waals surface area contributed by atoms with Crippen LogP contribution in [0.5, 0.6) is 17.2 Å². The lowest BCUT2D eigenvalue weighted by Gasteiger charge is -2.35. The van der Waals surface area contributed by atoms with Crippen LogP contribution in [0.15, 0.2) is 17.1 Å². The van der Waals surface area contributed by atoms with Gasteiger partial charge >= 0.3 is 5.97 Å². The van der Waals surface area contributed by atoms with Gasteiger partial charge < -0.3 is 23.8 Å². The molecule has 0 unspecified atom stereocenters. The molecule has 9 nitrogen and oxygen atoms in total. The monoisotopic (exact) mass is 419 g/mol. The molecule has 2 aliphatic heterocycles. The van der Waals surface area contributed by atoms with Gasteiger partial charge in [-0.1, -0.05) is 0 Å². The minimum absolute atomic E-state index is 0.174. The molecule has 0 saturated carbocycles. The average Bonchev–Trinajstić information content (AvgIpc) is 2.78. The molecule has 1 aromatic rings. The first-order valence-corrected chi connectivity index (χ1v) is 10.1. The molecule has 9 heteroatoms. The molecule has 1 aromatic carbocycles. The van der Waals surface area contributed by atoms with Crippen LogP contribution in [0, 0.1) is 5.92 Å². The Morgan fingerprint density at radius 3 is 2.27 bits per heavy atom. The van der Waals surface area contributed by atoms with E-state index in [-0.39, 0.29) is 6.61 Å². The summed E-state index contributed by atoms with van der Waals surface area (Å²) in [7, 11) is 4.54. The number of likely N-dealkylation sites (tertiary alicyclic amines) is 1. The number of benzene rings is 1. The summed E-state index contributed by atoms with van der Waals surface area (Å²) in [6.07, 6.45) is 3.22. The summed E-state index contributed by atoms with van der Waals surface area (Å²) >= 11 is 0. The van der Waals surface area contributed by atoms with Crippen molar-refractivity contribution in [2.24, 2.45) is 10.9 Å². The third-order valence-electron chi connectivity index (χ3n) is 5.32. The number of methoxy groups -OCH3 is 3. The van der Waals surface area contributed by atoms with Gasteiger partial charge in [-0.05, 0) is 43.9 Å². The third kappa shape index (κ3) is 4.29. The summed E-state index contributed by atoms with van der Waals surface area (Å²) in [5.74, 6) is -0.388. The van der Waals surface area contributed by atoms with Crippen LogP contribution in [0.3, 0.4) is 0 Å². The zero-order valence-corrected chi connectivity index (χ0v) is 17.9. The van der Waals surface area contributed by atoms with E-state index in [1.54, 1.807) is 19.1 Å². The number of piperidine rings is 1. The van der Waals surface area contributed by atoms with Gasteiger partial charge in [0.05, 0.1) is 27.9 Å². The van der Waals surface area contributed by atoms with Crippen LogP contribution < -0.4 is 19.5 Å². The standard InChI is InChI=1S/C21H29N3O6/c1-5-30-20(26)16-17(13-11-14(27-2)18(29-4)15(12-13)28-3)22-21(23-19(16)25)24-9-7-6-8-10-24/h11-12,16-17H,5-10H2,1-4H3,(H,22,23,25)/t16-,17-/m0/s1. The molecular weight excluding hydrogens is 390 g/mol.